The summed E-state index contributed by atoms with van der Waals surface area (Å²) in [5.74, 6) is -0.207. The van der Waals surface area contributed by atoms with Crippen LogP contribution < -0.4 is 5.32 Å². The molecule has 2 nitrogen and oxygen atoms in total. The molecule has 0 spiro atoms. The molecule has 0 saturated carbocycles. The van der Waals surface area contributed by atoms with Crippen LogP contribution in [0.3, 0.4) is 0 Å². The van der Waals surface area contributed by atoms with Gasteiger partial charge in [0.1, 0.15) is 5.82 Å². The third-order valence-electron chi connectivity index (χ3n) is 2.58. The molecule has 0 aromatic heterocycles. The zero-order chi connectivity index (χ0) is 10.9. The monoisotopic (exact) mass is 245 g/mol. The number of morpholine rings is 1. The molecule has 0 radical (unpaired) electrons. The van der Waals surface area contributed by atoms with Crippen LogP contribution in [-0.2, 0) is 4.74 Å². The molecule has 1 unspecified atom stereocenters. The normalized spacial score (nSPS) is 23.6. The quantitative estimate of drug-likeness (QED) is 0.822. The van der Waals surface area contributed by atoms with Gasteiger partial charge >= 0.3 is 0 Å². The molecule has 2 rings (SSSR count). The van der Waals surface area contributed by atoms with Gasteiger partial charge in [0.25, 0.3) is 0 Å². The van der Waals surface area contributed by atoms with Crippen molar-refractivity contribution in [3.63, 3.8) is 0 Å². The maximum Gasteiger partial charge on any atom is 0.123 e. The molecule has 1 aliphatic rings. The van der Waals surface area contributed by atoms with E-state index in [9.17, 15) is 4.39 Å². The second kappa shape index (κ2) is 5.13. The highest BCUT2D eigenvalue weighted by Crippen LogP contribution is 2.26. The molecule has 1 aromatic rings. The SMILES string of the molecule is CC1(C)CNCC(c2ccc(F)cc2)O1.Cl. The van der Waals surface area contributed by atoms with Crippen molar-refractivity contribution < 1.29 is 9.13 Å². The maximum atomic E-state index is 12.7. The maximum absolute atomic E-state index is 12.7. The molecule has 1 fully saturated rings. The number of ether oxygens (including phenoxy) is 1. The third kappa shape index (κ3) is 3.17. The van der Waals surface area contributed by atoms with Crippen molar-refractivity contribution in [3.05, 3.63) is 35.6 Å². The van der Waals surface area contributed by atoms with Crippen molar-refractivity contribution in [2.45, 2.75) is 25.6 Å². The van der Waals surface area contributed by atoms with Gasteiger partial charge in [-0.1, -0.05) is 12.1 Å². The number of benzene rings is 1. The Morgan fingerprint density at radius 2 is 1.94 bits per heavy atom. The first-order valence-electron chi connectivity index (χ1n) is 5.21. The summed E-state index contributed by atoms with van der Waals surface area (Å²) in [5, 5.41) is 3.32. The predicted octanol–water partition coefficient (Wildman–Crippen LogP) is 2.69. The standard InChI is InChI=1S/C12H16FNO.ClH/c1-12(2)8-14-7-11(15-12)9-3-5-10(13)6-4-9;/h3-6,11,14H,7-8H2,1-2H3;1H. The van der Waals surface area contributed by atoms with E-state index in [2.05, 4.69) is 19.2 Å². The number of hydrogen-bond acceptors (Lipinski definition) is 2. The number of nitrogens with one attached hydrogen (secondary N) is 1. The summed E-state index contributed by atoms with van der Waals surface area (Å²) in [4.78, 5) is 0. The molecular weight excluding hydrogens is 229 g/mol. The van der Waals surface area contributed by atoms with Gasteiger partial charge in [-0.05, 0) is 31.5 Å². The second-order valence-electron chi connectivity index (χ2n) is 4.55. The van der Waals surface area contributed by atoms with Gasteiger partial charge in [0, 0.05) is 13.1 Å². The fourth-order valence-corrected chi connectivity index (χ4v) is 1.84. The molecule has 4 heteroatoms. The zero-order valence-electron chi connectivity index (χ0n) is 9.50. The minimum atomic E-state index is -0.207. The van der Waals surface area contributed by atoms with Crippen LogP contribution in [0.1, 0.15) is 25.5 Å². The van der Waals surface area contributed by atoms with Gasteiger partial charge in [-0.2, -0.15) is 0 Å². The smallest absolute Gasteiger partial charge is 0.123 e. The van der Waals surface area contributed by atoms with Crippen LogP contribution >= 0.6 is 12.4 Å². The van der Waals surface area contributed by atoms with E-state index in [1.807, 2.05) is 0 Å². The lowest BCUT2D eigenvalue weighted by atomic mass is 10.0. The number of halogens is 2. The number of rotatable bonds is 1. The lowest BCUT2D eigenvalue weighted by Gasteiger charge is -2.36. The topological polar surface area (TPSA) is 21.3 Å². The summed E-state index contributed by atoms with van der Waals surface area (Å²) in [6.45, 7) is 5.74. The van der Waals surface area contributed by atoms with Crippen molar-refractivity contribution in [1.29, 1.82) is 0 Å². The van der Waals surface area contributed by atoms with Gasteiger partial charge in [0.05, 0.1) is 11.7 Å². The minimum Gasteiger partial charge on any atom is -0.365 e. The predicted molar refractivity (Wildman–Crippen MR) is 64.4 cm³/mol. The van der Waals surface area contributed by atoms with Crippen LogP contribution in [-0.4, -0.2) is 18.7 Å². The van der Waals surface area contributed by atoms with Crippen molar-refractivity contribution in [2.75, 3.05) is 13.1 Å². The molecule has 1 saturated heterocycles. The summed E-state index contributed by atoms with van der Waals surface area (Å²) in [7, 11) is 0. The lowest BCUT2D eigenvalue weighted by Crippen LogP contribution is -2.46. The van der Waals surface area contributed by atoms with Crippen LogP contribution in [0.25, 0.3) is 0 Å². The fraction of sp³-hybridized carbons (Fsp3) is 0.500. The Hall–Kier alpha value is -0.640. The summed E-state index contributed by atoms with van der Waals surface area (Å²) < 4.78 is 18.7. The molecule has 0 aliphatic carbocycles. The largest absolute Gasteiger partial charge is 0.365 e. The van der Waals surface area contributed by atoms with Crippen LogP contribution in [0.2, 0.25) is 0 Å². The Morgan fingerprint density at radius 1 is 1.31 bits per heavy atom. The molecule has 0 amide bonds. The average molecular weight is 246 g/mol. The molecule has 16 heavy (non-hydrogen) atoms. The first kappa shape index (κ1) is 13.4. The Balaban J connectivity index is 0.00000128. The Morgan fingerprint density at radius 3 is 2.50 bits per heavy atom. The Kier molecular flexibility index (Phi) is 4.30. The van der Waals surface area contributed by atoms with Gasteiger partial charge < -0.3 is 10.1 Å². The molecule has 1 N–H and O–H groups in total. The average Bonchev–Trinajstić information content (AvgIpc) is 2.17. The van der Waals surface area contributed by atoms with E-state index < -0.39 is 0 Å². The van der Waals surface area contributed by atoms with E-state index in [-0.39, 0.29) is 29.9 Å². The highest BCUT2D eigenvalue weighted by Gasteiger charge is 2.28. The van der Waals surface area contributed by atoms with Crippen LogP contribution in [0.4, 0.5) is 4.39 Å². The third-order valence-corrected chi connectivity index (χ3v) is 2.58. The molecule has 0 bridgehead atoms. The van der Waals surface area contributed by atoms with Crippen molar-refractivity contribution >= 4 is 12.4 Å². The van der Waals surface area contributed by atoms with Crippen molar-refractivity contribution in [1.82, 2.24) is 5.32 Å². The molecule has 1 heterocycles. The van der Waals surface area contributed by atoms with Gasteiger partial charge in [-0.15, -0.1) is 12.4 Å². The van der Waals surface area contributed by atoms with E-state index in [1.165, 1.54) is 12.1 Å². The number of hydrogen-bond donors (Lipinski definition) is 1. The summed E-state index contributed by atoms with van der Waals surface area (Å²) >= 11 is 0. The minimum absolute atomic E-state index is 0. The molecule has 1 aliphatic heterocycles. The summed E-state index contributed by atoms with van der Waals surface area (Å²) in [6.07, 6.45) is 0.0225. The second-order valence-corrected chi connectivity index (χ2v) is 4.55. The summed E-state index contributed by atoms with van der Waals surface area (Å²) in [5.41, 5.74) is 0.869. The van der Waals surface area contributed by atoms with E-state index in [0.717, 1.165) is 18.7 Å². The zero-order valence-corrected chi connectivity index (χ0v) is 10.3. The first-order chi connectivity index (χ1) is 7.07. The van der Waals surface area contributed by atoms with E-state index in [1.54, 1.807) is 12.1 Å². The summed E-state index contributed by atoms with van der Waals surface area (Å²) in [6, 6.07) is 6.51. The molecule has 90 valence electrons. The van der Waals surface area contributed by atoms with Gasteiger partial charge in [-0.25, -0.2) is 4.39 Å². The highest BCUT2D eigenvalue weighted by atomic mass is 35.5. The molecular formula is C12H17ClFNO. The van der Waals surface area contributed by atoms with E-state index in [0.29, 0.717) is 0 Å². The first-order valence-corrected chi connectivity index (χ1v) is 5.21. The van der Waals surface area contributed by atoms with Crippen LogP contribution in [0.5, 0.6) is 0 Å². The Labute approximate surface area is 102 Å². The van der Waals surface area contributed by atoms with E-state index >= 15 is 0 Å². The molecule has 1 aromatic carbocycles. The Bertz CT molecular complexity index is 339. The lowest BCUT2D eigenvalue weighted by molar-refractivity contribution is -0.0958. The molecule has 1 atom stereocenters. The fourth-order valence-electron chi connectivity index (χ4n) is 1.84. The van der Waals surface area contributed by atoms with Gasteiger partial charge in [-0.3, -0.25) is 0 Å². The van der Waals surface area contributed by atoms with Crippen molar-refractivity contribution in [2.24, 2.45) is 0 Å². The highest BCUT2D eigenvalue weighted by molar-refractivity contribution is 5.85. The van der Waals surface area contributed by atoms with Crippen LogP contribution in [0, 0.1) is 5.82 Å². The van der Waals surface area contributed by atoms with Gasteiger partial charge in [0.15, 0.2) is 0 Å². The van der Waals surface area contributed by atoms with E-state index in [4.69, 9.17) is 4.74 Å². The van der Waals surface area contributed by atoms with Crippen LogP contribution in [0.15, 0.2) is 24.3 Å². The van der Waals surface area contributed by atoms with Crippen molar-refractivity contribution in [3.8, 4) is 0 Å². The van der Waals surface area contributed by atoms with Gasteiger partial charge in [0.2, 0.25) is 0 Å².